The van der Waals surface area contributed by atoms with Crippen LogP contribution < -0.4 is 10.2 Å². The molecule has 0 aromatic heterocycles. The summed E-state index contributed by atoms with van der Waals surface area (Å²) in [6, 6.07) is 1.48. The minimum atomic E-state index is -1.58. The molecule has 0 spiro atoms. The molecule has 0 atom stereocenters. The van der Waals surface area contributed by atoms with Crippen molar-refractivity contribution >= 4 is 17.5 Å². The van der Waals surface area contributed by atoms with Gasteiger partial charge in [-0.3, -0.25) is 14.9 Å². The molecule has 17 heavy (non-hydrogen) atoms. The summed E-state index contributed by atoms with van der Waals surface area (Å²) in [6.45, 7) is -0.424. The lowest BCUT2D eigenvalue weighted by molar-refractivity contribution is -0.130. The molecule has 4 nitrogen and oxygen atoms in total. The summed E-state index contributed by atoms with van der Waals surface area (Å²) in [4.78, 5) is 23.3. The van der Waals surface area contributed by atoms with Gasteiger partial charge in [0.05, 0.1) is 13.1 Å². The van der Waals surface area contributed by atoms with E-state index in [1.54, 1.807) is 0 Å². The molecule has 0 radical (unpaired) electrons. The lowest BCUT2D eigenvalue weighted by Gasteiger charge is -2.27. The van der Waals surface area contributed by atoms with Crippen molar-refractivity contribution < 1.29 is 22.8 Å². The van der Waals surface area contributed by atoms with E-state index in [4.69, 9.17) is 0 Å². The minimum Gasteiger partial charge on any atom is -0.353 e. The number of carbonyl (C=O) groups is 2. The van der Waals surface area contributed by atoms with Crippen molar-refractivity contribution in [2.75, 3.05) is 18.0 Å². The first-order chi connectivity index (χ1) is 7.97. The zero-order valence-corrected chi connectivity index (χ0v) is 8.47. The summed E-state index contributed by atoms with van der Waals surface area (Å²) in [5.74, 6) is -5.46. The average Bonchev–Trinajstić information content (AvgIpc) is 2.23. The van der Waals surface area contributed by atoms with Crippen LogP contribution in [0, 0.1) is 17.5 Å². The first-order valence-corrected chi connectivity index (χ1v) is 4.69. The third kappa shape index (κ3) is 2.22. The lowest BCUT2D eigenvalue weighted by Crippen LogP contribution is -2.51. The summed E-state index contributed by atoms with van der Waals surface area (Å²) in [5, 5.41) is 2.04. The highest BCUT2D eigenvalue weighted by atomic mass is 19.2. The molecule has 1 saturated heterocycles. The minimum absolute atomic E-state index is 0.0513. The van der Waals surface area contributed by atoms with Gasteiger partial charge < -0.3 is 4.90 Å². The van der Waals surface area contributed by atoms with Gasteiger partial charge in [-0.05, 0) is 0 Å². The van der Waals surface area contributed by atoms with Gasteiger partial charge in [0.2, 0.25) is 11.8 Å². The van der Waals surface area contributed by atoms with E-state index in [-0.39, 0.29) is 18.8 Å². The second-order valence-corrected chi connectivity index (χ2v) is 3.55. The van der Waals surface area contributed by atoms with E-state index in [0.29, 0.717) is 0 Å². The largest absolute Gasteiger partial charge is 0.353 e. The maximum absolute atomic E-state index is 13.0. The number of imide groups is 1. The number of benzene rings is 1. The third-order valence-corrected chi connectivity index (χ3v) is 2.28. The number of piperazine rings is 1. The fraction of sp³-hybridized carbons (Fsp3) is 0.200. The average molecular weight is 244 g/mol. The van der Waals surface area contributed by atoms with Gasteiger partial charge in [-0.2, -0.15) is 0 Å². The van der Waals surface area contributed by atoms with Crippen LogP contribution in [0.5, 0.6) is 0 Å². The fourth-order valence-electron chi connectivity index (χ4n) is 1.54. The van der Waals surface area contributed by atoms with E-state index in [9.17, 15) is 22.8 Å². The summed E-state index contributed by atoms with van der Waals surface area (Å²) < 4.78 is 38.6. The molecule has 1 aromatic rings. The monoisotopic (exact) mass is 244 g/mol. The van der Waals surface area contributed by atoms with E-state index in [1.807, 2.05) is 5.32 Å². The van der Waals surface area contributed by atoms with Gasteiger partial charge in [0.1, 0.15) is 0 Å². The van der Waals surface area contributed by atoms with Crippen molar-refractivity contribution in [3.05, 3.63) is 29.6 Å². The maximum Gasteiger partial charge on any atom is 0.246 e. The number of nitrogens with zero attached hydrogens (tertiary/aromatic N) is 1. The number of hydrogen-bond acceptors (Lipinski definition) is 3. The Bertz CT molecular complexity index is 465. The van der Waals surface area contributed by atoms with E-state index >= 15 is 0 Å². The molecule has 1 aliphatic rings. The molecule has 2 amide bonds. The zero-order chi connectivity index (χ0) is 12.6. The summed E-state index contributed by atoms with van der Waals surface area (Å²) >= 11 is 0. The van der Waals surface area contributed by atoms with Crippen molar-refractivity contribution in [1.82, 2.24) is 5.32 Å². The normalized spacial score (nSPS) is 16.1. The Labute approximate surface area is 94.0 Å². The Morgan fingerprint density at radius 2 is 1.47 bits per heavy atom. The summed E-state index contributed by atoms with van der Waals surface area (Å²) in [7, 11) is 0. The number of nitrogens with one attached hydrogen (secondary N) is 1. The van der Waals surface area contributed by atoms with E-state index in [2.05, 4.69) is 0 Å². The van der Waals surface area contributed by atoms with E-state index in [0.717, 1.165) is 17.0 Å². The smallest absolute Gasteiger partial charge is 0.246 e. The van der Waals surface area contributed by atoms with Crippen molar-refractivity contribution in [3.8, 4) is 0 Å². The second kappa shape index (κ2) is 4.08. The first kappa shape index (κ1) is 11.4. The van der Waals surface area contributed by atoms with Crippen molar-refractivity contribution in [1.29, 1.82) is 0 Å². The molecule has 1 fully saturated rings. The number of anilines is 1. The molecule has 1 N–H and O–H groups in total. The van der Waals surface area contributed by atoms with Gasteiger partial charge >= 0.3 is 0 Å². The van der Waals surface area contributed by atoms with Crippen molar-refractivity contribution in [3.63, 3.8) is 0 Å². The molecule has 90 valence electrons. The molecule has 1 heterocycles. The maximum atomic E-state index is 13.0. The van der Waals surface area contributed by atoms with Crippen LogP contribution in [0.15, 0.2) is 12.1 Å². The molecule has 1 aromatic carbocycles. The van der Waals surface area contributed by atoms with Gasteiger partial charge in [-0.1, -0.05) is 0 Å². The number of carbonyl (C=O) groups excluding carboxylic acids is 2. The number of amides is 2. The quantitative estimate of drug-likeness (QED) is 0.580. The SMILES string of the molecule is O=C1CN(c2cc(F)c(F)c(F)c2)CC(=O)N1. The molecular formula is C10H7F3N2O2. The molecule has 0 unspecified atom stereocenters. The predicted octanol–water partition coefficient (Wildman–Crippen LogP) is 0.567. The molecule has 7 heteroatoms. The fourth-order valence-corrected chi connectivity index (χ4v) is 1.54. The molecule has 1 aliphatic heterocycles. The summed E-state index contributed by atoms with van der Waals surface area (Å²) in [6.07, 6.45) is 0. The van der Waals surface area contributed by atoms with Crippen LogP contribution in [-0.4, -0.2) is 24.9 Å². The highest BCUT2D eigenvalue weighted by molar-refractivity contribution is 6.02. The molecule has 2 rings (SSSR count). The molecular weight excluding hydrogens is 237 g/mol. The highest BCUT2D eigenvalue weighted by Gasteiger charge is 2.24. The second-order valence-electron chi connectivity index (χ2n) is 3.55. The molecule has 0 aliphatic carbocycles. The van der Waals surface area contributed by atoms with Crippen molar-refractivity contribution in [2.45, 2.75) is 0 Å². The van der Waals surface area contributed by atoms with Crippen LogP contribution in [0.3, 0.4) is 0 Å². The molecule has 0 saturated carbocycles. The van der Waals surface area contributed by atoms with Crippen LogP contribution in [-0.2, 0) is 9.59 Å². The van der Waals surface area contributed by atoms with E-state index < -0.39 is 29.3 Å². The first-order valence-electron chi connectivity index (χ1n) is 4.69. The number of halogens is 3. The zero-order valence-electron chi connectivity index (χ0n) is 8.47. The Balaban J connectivity index is 2.34. The van der Waals surface area contributed by atoms with Gasteiger partial charge in [-0.15, -0.1) is 0 Å². The van der Waals surface area contributed by atoms with Gasteiger partial charge in [-0.25, -0.2) is 13.2 Å². The Morgan fingerprint density at radius 1 is 1.00 bits per heavy atom. The van der Waals surface area contributed by atoms with Crippen LogP contribution in [0.25, 0.3) is 0 Å². The van der Waals surface area contributed by atoms with Crippen LogP contribution in [0.1, 0.15) is 0 Å². The third-order valence-electron chi connectivity index (χ3n) is 2.28. The van der Waals surface area contributed by atoms with Crippen molar-refractivity contribution in [2.24, 2.45) is 0 Å². The van der Waals surface area contributed by atoms with Gasteiger partial charge in [0, 0.05) is 17.8 Å². The van der Waals surface area contributed by atoms with E-state index in [1.165, 1.54) is 0 Å². The van der Waals surface area contributed by atoms with Crippen LogP contribution in [0.2, 0.25) is 0 Å². The van der Waals surface area contributed by atoms with Crippen LogP contribution in [0.4, 0.5) is 18.9 Å². The Morgan fingerprint density at radius 3 is 1.94 bits per heavy atom. The molecule has 0 bridgehead atoms. The number of rotatable bonds is 1. The Kier molecular flexibility index (Phi) is 2.74. The standard InChI is InChI=1S/C10H7F3N2O2/c11-6-1-5(2-7(12)10(6)13)15-3-8(16)14-9(17)4-15/h1-2H,3-4H2,(H,14,16,17). The van der Waals surface area contributed by atoms with Gasteiger partial charge in [0.25, 0.3) is 0 Å². The summed E-state index contributed by atoms with van der Waals surface area (Å²) in [5.41, 5.74) is -0.0513. The Hall–Kier alpha value is -2.05. The van der Waals surface area contributed by atoms with Crippen LogP contribution >= 0.6 is 0 Å². The highest BCUT2D eigenvalue weighted by Crippen LogP contribution is 2.21. The topological polar surface area (TPSA) is 49.4 Å². The predicted molar refractivity (Wildman–Crippen MR) is 51.7 cm³/mol. The lowest BCUT2D eigenvalue weighted by atomic mass is 10.2. The number of hydrogen-bond donors (Lipinski definition) is 1. The van der Waals surface area contributed by atoms with Gasteiger partial charge in [0.15, 0.2) is 17.5 Å².